The van der Waals surface area contributed by atoms with Crippen LogP contribution in [0.15, 0.2) is 46.1 Å². The predicted molar refractivity (Wildman–Crippen MR) is 97.9 cm³/mol. The van der Waals surface area contributed by atoms with Gasteiger partial charge in [-0.3, -0.25) is 0 Å². The van der Waals surface area contributed by atoms with Crippen molar-refractivity contribution in [1.29, 1.82) is 0 Å². The number of rotatable bonds is 3. The maximum Gasteiger partial charge on any atom is 0.323 e. The van der Waals surface area contributed by atoms with Gasteiger partial charge in [0.1, 0.15) is 5.75 Å². The number of aromatic nitrogens is 2. The number of hydrogen-bond donors (Lipinski definition) is 2. The first-order valence-corrected chi connectivity index (χ1v) is 9.75. The molecule has 2 N–H and O–H groups in total. The van der Waals surface area contributed by atoms with Crippen molar-refractivity contribution < 1.29 is 13.2 Å². The van der Waals surface area contributed by atoms with Gasteiger partial charge < -0.3 is 14.7 Å². The molecule has 1 atom stereocenters. The normalized spacial score (nSPS) is 18.0. The number of nitrogens with zero attached hydrogens (tertiary/aromatic N) is 1. The summed E-state index contributed by atoms with van der Waals surface area (Å²) in [5, 5.41) is 0. The van der Waals surface area contributed by atoms with Gasteiger partial charge in [0.2, 0.25) is 10.0 Å². The highest BCUT2D eigenvalue weighted by atomic mass is 32.2. The third-order valence-electron chi connectivity index (χ3n) is 4.93. The summed E-state index contributed by atoms with van der Waals surface area (Å²) in [6, 6.07) is 10.1. The first kappa shape index (κ1) is 16.9. The molecule has 26 heavy (non-hydrogen) atoms. The monoisotopic (exact) mass is 373 g/mol. The molecule has 1 unspecified atom stereocenters. The van der Waals surface area contributed by atoms with Crippen LogP contribution < -0.4 is 10.4 Å². The Morgan fingerprint density at radius 2 is 1.88 bits per heavy atom. The van der Waals surface area contributed by atoms with E-state index in [1.807, 2.05) is 25.1 Å². The lowest BCUT2D eigenvalue weighted by Gasteiger charge is -2.34. The molecule has 4 rings (SSSR count). The number of aromatic amines is 2. The zero-order valence-electron chi connectivity index (χ0n) is 14.4. The Morgan fingerprint density at radius 3 is 2.65 bits per heavy atom. The molecule has 0 bridgehead atoms. The van der Waals surface area contributed by atoms with Crippen LogP contribution in [0.1, 0.15) is 24.1 Å². The molecule has 8 heteroatoms. The molecule has 3 aromatic rings. The number of ether oxygens (including phenoxy) is 1. The summed E-state index contributed by atoms with van der Waals surface area (Å²) in [5.74, 6) is 0.772. The van der Waals surface area contributed by atoms with Gasteiger partial charge in [0.25, 0.3) is 0 Å². The quantitative estimate of drug-likeness (QED) is 0.736. The van der Waals surface area contributed by atoms with E-state index in [0.29, 0.717) is 24.0 Å². The highest BCUT2D eigenvalue weighted by molar-refractivity contribution is 7.89. The van der Waals surface area contributed by atoms with Crippen molar-refractivity contribution in [3.8, 4) is 5.75 Å². The van der Waals surface area contributed by atoms with Crippen LogP contribution >= 0.6 is 0 Å². The van der Waals surface area contributed by atoms with Gasteiger partial charge in [-0.05, 0) is 54.8 Å². The molecule has 0 saturated heterocycles. The standard InChI is InChI=1S/C18H19N3O4S/c1-11-15-5-3-13(25-2)9-12(15)7-8-21(11)26(23,24)14-4-6-16-17(10-14)20-18(22)19-16/h3-6,9-11H,7-8H2,1-2H3,(H2,19,20,22). The third kappa shape index (κ3) is 2.62. The molecule has 7 nitrogen and oxygen atoms in total. The Kier molecular flexibility index (Phi) is 3.89. The smallest absolute Gasteiger partial charge is 0.323 e. The summed E-state index contributed by atoms with van der Waals surface area (Å²) in [7, 11) is -2.07. The predicted octanol–water partition coefficient (Wildman–Crippen LogP) is 2.17. The van der Waals surface area contributed by atoms with E-state index in [0.717, 1.165) is 16.9 Å². The van der Waals surface area contributed by atoms with E-state index in [2.05, 4.69) is 9.97 Å². The summed E-state index contributed by atoms with van der Waals surface area (Å²) in [4.78, 5) is 16.8. The van der Waals surface area contributed by atoms with Crippen LogP contribution in [-0.2, 0) is 16.4 Å². The molecule has 0 spiro atoms. The van der Waals surface area contributed by atoms with E-state index in [1.54, 1.807) is 13.2 Å². The highest BCUT2D eigenvalue weighted by Gasteiger charge is 2.34. The molecule has 0 fully saturated rings. The van der Waals surface area contributed by atoms with Gasteiger partial charge in [0.15, 0.2) is 0 Å². The Balaban J connectivity index is 1.74. The minimum atomic E-state index is -3.69. The second-order valence-electron chi connectivity index (χ2n) is 6.39. The maximum atomic E-state index is 13.2. The number of methoxy groups -OCH3 is 1. The first-order chi connectivity index (χ1) is 12.4. The zero-order valence-corrected chi connectivity index (χ0v) is 15.3. The fourth-order valence-electron chi connectivity index (χ4n) is 3.55. The molecule has 1 aliphatic rings. The van der Waals surface area contributed by atoms with Gasteiger partial charge in [-0.2, -0.15) is 4.31 Å². The number of H-pyrrole nitrogens is 2. The number of hydrogen-bond acceptors (Lipinski definition) is 4. The van der Waals surface area contributed by atoms with Gasteiger partial charge in [-0.25, -0.2) is 13.2 Å². The average Bonchev–Trinajstić information content (AvgIpc) is 3.00. The summed E-state index contributed by atoms with van der Waals surface area (Å²) >= 11 is 0. The van der Waals surface area contributed by atoms with Crippen LogP contribution in [0.3, 0.4) is 0 Å². The minimum absolute atomic E-state index is 0.170. The van der Waals surface area contributed by atoms with Gasteiger partial charge >= 0.3 is 5.69 Å². The van der Waals surface area contributed by atoms with E-state index in [-0.39, 0.29) is 16.6 Å². The summed E-state index contributed by atoms with van der Waals surface area (Å²) in [6.07, 6.45) is 0.624. The van der Waals surface area contributed by atoms with Crippen molar-refractivity contribution in [3.05, 3.63) is 58.0 Å². The van der Waals surface area contributed by atoms with E-state index in [4.69, 9.17) is 4.74 Å². The van der Waals surface area contributed by atoms with Crippen LogP contribution in [0.2, 0.25) is 0 Å². The van der Waals surface area contributed by atoms with Gasteiger partial charge in [0, 0.05) is 12.6 Å². The first-order valence-electron chi connectivity index (χ1n) is 8.31. The fraction of sp³-hybridized carbons (Fsp3) is 0.278. The molecular formula is C18H19N3O4S. The van der Waals surface area contributed by atoms with E-state index in [9.17, 15) is 13.2 Å². The summed E-state index contributed by atoms with van der Waals surface area (Å²) in [5.41, 5.74) is 2.79. The van der Waals surface area contributed by atoms with Crippen molar-refractivity contribution in [3.63, 3.8) is 0 Å². The van der Waals surface area contributed by atoms with Crippen LogP contribution in [0, 0.1) is 0 Å². The van der Waals surface area contributed by atoms with E-state index in [1.165, 1.54) is 16.4 Å². The Bertz CT molecular complexity index is 1150. The Labute approximate surface area is 150 Å². The summed E-state index contributed by atoms with van der Waals surface area (Å²) < 4.78 is 33.1. The number of fused-ring (bicyclic) bond motifs is 2. The van der Waals surface area contributed by atoms with E-state index < -0.39 is 10.0 Å². The Morgan fingerprint density at radius 1 is 1.12 bits per heavy atom. The number of imidazole rings is 1. The van der Waals surface area contributed by atoms with Crippen LogP contribution in [0.25, 0.3) is 11.0 Å². The topological polar surface area (TPSA) is 95.3 Å². The van der Waals surface area contributed by atoms with Crippen LogP contribution in [0.5, 0.6) is 5.75 Å². The van der Waals surface area contributed by atoms with Crippen molar-refractivity contribution in [2.45, 2.75) is 24.3 Å². The minimum Gasteiger partial charge on any atom is -0.497 e. The molecule has 2 heterocycles. The largest absolute Gasteiger partial charge is 0.497 e. The lowest BCUT2D eigenvalue weighted by atomic mass is 9.95. The number of nitrogens with one attached hydrogen (secondary N) is 2. The average molecular weight is 373 g/mol. The molecule has 0 amide bonds. The zero-order chi connectivity index (χ0) is 18.5. The summed E-state index contributed by atoms with van der Waals surface area (Å²) in [6.45, 7) is 2.28. The van der Waals surface area contributed by atoms with Gasteiger partial charge in [0.05, 0.1) is 23.0 Å². The lowest BCUT2D eigenvalue weighted by Crippen LogP contribution is -2.38. The van der Waals surface area contributed by atoms with Crippen LogP contribution in [-0.4, -0.2) is 36.3 Å². The lowest BCUT2D eigenvalue weighted by molar-refractivity contribution is 0.325. The fourth-order valence-corrected chi connectivity index (χ4v) is 5.19. The SMILES string of the molecule is COc1ccc2c(c1)CCN(S(=O)(=O)c1ccc3[nH]c(=O)[nH]c3c1)C2C. The number of benzene rings is 2. The van der Waals surface area contributed by atoms with Crippen molar-refractivity contribution >= 4 is 21.1 Å². The molecule has 136 valence electrons. The molecule has 0 aliphatic carbocycles. The maximum absolute atomic E-state index is 13.2. The highest BCUT2D eigenvalue weighted by Crippen LogP contribution is 2.35. The molecule has 0 saturated carbocycles. The molecular weight excluding hydrogens is 354 g/mol. The second-order valence-corrected chi connectivity index (χ2v) is 8.28. The van der Waals surface area contributed by atoms with Gasteiger partial charge in [-0.15, -0.1) is 0 Å². The molecule has 0 radical (unpaired) electrons. The molecule has 2 aromatic carbocycles. The number of sulfonamides is 1. The third-order valence-corrected chi connectivity index (χ3v) is 6.89. The van der Waals surface area contributed by atoms with Crippen molar-refractivity contribution in [1.82, 2.24) is 14.3 Å². The van der Waals surface area contributed by atoms with Crippen LogP contribution in [0.4, 0.5) is 0 Å². The van der Waals surface area contributed by atoms with Gasteiger partial charge in [-0.1, -0.05) is 6.07 Å². The van der Waals surface area contributed by atoms with Crippen molar-refractivity contribution in [2.75, 3.05) is 13.7 Å². The Hall–Kier alpha value is -2.58. The van der Waals surface area contributed by atoms with E-state index >= 15 is 0 Å². The molecule has 1 aromatic heterocycles. The second kappa shape index (κ2) is 6.00. The molecule has 1 aliphatic heterocycles. The van der Waals surface area contributed by atoms with Crippen molar-refractivity contribution in [2.24, 2.45) is 0 Å².